The van der Waals surface area contributed by atoms with E-state index in [1.807, 2.05) is 68.9 Å². The average Bonchev–Trinajstić information content (AvgIpc) is 3.29. The molecule has 2 aromatic rings. The van der Waals surface area contributed by atoms with Crippen LogP contribution in [0.3, 0.4) is 0 Å². The number of amides is 3. The Morgan fingerprint density at radius 2 is 1.79 bits per heavy atom. The highest BCUT2D eigenvalue weighted by Crippen LogP contribution is 2.24. The third-order valence-electron chi connectivity index (χ3n) is 5.77. The van der Waals surface area contributed by atoms with E-state index in [-0.39, 0.29) is 18.0 Å². The van der Waals surface area contributed by atoms with Crippen LogP contribution in [-0.4, -0.2) is 63.4 Å². The molecular formula is C21H25ClN4O2. The van der Waals surface area contributed by atoms with Crippen LogP contribution in [0.4, 0.5) is 4.79 Å². The van der Waals surface area contributed by atoms with Gasteiger partial charge in [-0.15, -0.1) is 0 Å². The smallest absolute Gasteiger partial charge is 0.320 e. The predicted octanol–water partition coefficient (Wildman–Crippen LogP) is 3.22. The number of aryl methyl sites for hydroxylation is 1. The van der Waals surface area contributed by atoms with Gasteiger partial charge in [-0.1, -0.05) is 23.7 Å². The van der Waals surface area contributed by atoms with Crippen molar-refractivity contribution in [2.24, 2.45) is 7.05 Å². The molecule has 6 nitrogen and oxygen atoms in total. The molecule has 4 rings (SSSR count). The van der Waals surface area contributed by atoms with Crippen molar-refractivity contribution >= 4 is 23.5 Å². The highest BCUT2D eigenvalue weighted by Gasteiger charge is 2.36. The first kappa shape index (κ1) is 18.9. The van der Waals surface area contributed by atoms with Crippen LogP contribution >= 0.6 is 11.6 Å². The molecule has 0 aliphatic carbocycles. The Hall–Kier alpha value is -2.47. The standard InChI is InChI=1S/C21H25ClN4O2/c1-23-10-2-3-19(23)20(27)24-11-8-18(9-12-24)26-14-13-25(21(26)28)15-16-4-6-17(22)7-5-16/h2-7,10,18H,8-9,11-15H2,1H3. The molecule has 0 unspecified atom stereocenters. The number of carbonyl (C=O) groups is 2. The molecule has 7 heteroatoms. The fraction of sp³-hybridized carbons (Fsp3) is 0.429. The van der Waals surface area contributed by atoms with Crippen molar-refractivity contribution < 1.29 is 9.59 Å². The number of piperidine rings is 1. The van der Waals surface area contributed by atoms with Crippen molar-refractivity contribution in [2.45, 2.75) is 25.4 Å². The second-order valence-corrected chi connectivity index (χ2v) is 7.99. The number of urea groups is 1. The minimum atomic E-state index is 0.0723. The van der Waals surface area contributed by atoms with Crippen LogP contribution in [0.5, 0.6) is 0 Å². The summed E-state index contributed by atoms with van der Waals surface area (Å²) in [6.07, 6.45) is 3.55. The molecule has 0 bridgehead atoms. The van der Waals surface area contributed by atoms with Crippen LogP contribution in [0, 0.1) is 0 Å². The first-order chi connectivity index (χ1) is 13.5. The molecule has 0 N–H and O–H groups in total. The second kappa shape index (κ2) is 7.87. The number of rotatable bonds is 4. The van der Waals surface area contributed by atoms with Gasteiger partial charge in [0.2, 0.25) is 0 Å². The van der Waals surface area contributed by atoms with Gasteiger partial charge in [-0.3, -0.25) is 4.79 Å². The molecule has 1 aromatic heterocycles. The number of likely N-dealkylation sites (tertiary alicyclic amines) is 1. The third kappa shape index (κ3) is 3.74. The van der Waals surface area contributed by atoms with Gasteiger partial charge in [-0.25, -0.2) is 4.79 Å². The summed E-state index contributed by atoms with van der Waals surface area (Å²) in [5, 5.41) is 0.703. The maximum atomic E-state index is 12.9. The monoisotopic (exact) mass is 400 g/mol. The highest BCUT2D eigenvalue weighted by atomic mass is 35.5. The van der Waals surface area contributed by atoms with Crippen LogP contribution < -0.4 is 0 Å². The Morgan fingerprint density at radius 1 is 1.07 bits per heavy atom. The van der Waals surface area contributed by atoms with E-state index < -0.39 is 0 Å². The van der Waals surface area contributed by atoms with Gasteiger partial charge in [0.25, 0.3) is 5.91 Å². The summed E-state index contributed by atoms with van der Waals surface area (Å²) in [5.41, 5.74) is 1.80. The van der Waals surface area contributed by atoms with E-state index in [9.17, 15) is 9.59 Å². The van der Waals surface area contributed by atoms with Gasteiger partial charge in [-0.2, -0.15) is 0 Å². The number of hydrogen-bond acceptors (Lipinski definition) is 2. The summed E-state index contributed by atoms with van der Waals surface area (Å²) < 4.78 is 1.85. The third-order valence-corrected chi connectivity index (χ3v) is 6.02. The highest BCUT2D eigenvalue weighted by molar-refractivity contribution is 6.30. The number of aromatic nitrogens is 1. The molecule has 2 saturated heterocycles. The van der Waals surface area contributed by atoms with Gasteiger partial charge < -0.3 is 19.3 Å². The zero-order valence-corrected chi connectivity index (χ0v) is 16.8. The van der Waals surface area contributed by atoms with Gasteiger partial charge in [0, 0.05) is 57.0 Å². The molecule has 0 radical (unpaired) electrons. The van der Waals surface area contributed by atoms with Crippen molar-refractivity contribution in [1.29, 1.82) is 0 Å². The average molecular weight is 401 g/mol. The van der Waals surface area contributed by atoms with Crippen LogP contribution in [0.1, 0.15) is 28.9 Å². The lowest BCUT2D eigenvalue weighted by Crippen LogP contribution is -2.48. The Labute approximate surface area is 170 Å². The van der Waals surface area contributed by atoms with Gasteiger partial charge in [0.15, 0.2) is 0 Å². The first-order valence-electron chi connectivity index (χ1n) is 9.73. The summed E-state index contributed by atoms with van der Waals surface area (Å²) in [6.45, 7) is 3.48. The summed E-state index contributed by atoms with van der Waals surface area (Å²) in [5.74, 6) is 0.0723. The van der Waals surface area contributed by atoms with E-state index in [0.717, 1.165) is 31.5 Å². The van der Waals surface area contributed by atoms with Crippen LogP contribution in [0.25, 0.3) is 0 Å². The normalized spacial score (nSPS) is 18.2. The fourth-order valence-electron chi connectivity index (χ4n) is 4.12. The molecule has 2 aliphatic rings. The summed E-state index contributed by atoms with van der Waals surface area (Å²) in [7, 11) is 1.89. The lowest BCUT2D eigenvalue weighted by atomic mass is 10.0. The molecule has 2 fully saturated rings. The number of hydrogen-bond donors (Lipinski definition) is 0. The zero-order chi connectivity index (χ0) is 19.7. The van der Waals surface area contributed by atoms with Crippen molar-refractivity contribution in [3.8, 4) is 0 Å². The number of benzene rings is 1. The number of nitrogens with zero attached hydrogens (tertiary/aromatic N) is 4. The van der Waals surface area contributed by atoms with E-state index in [4.69, 9.17) is 11.6 Å². The molecule has 2 aliphatic heterocycles. The molecule has 28 heavy (non-hydrogen) atoms. The Balaban J connectivity index is 1.32. The zero-order valence-electron chi connectivity index (χ0n) is 16.1. The second-order valence-electron chi connectivity index (χ2n) is 7.55. The van der Waals surface area contributed by atoms with Crippen LogP contribution in [-0.2, 0) is 13.6 Å². The molecular weight excluding hydrogens is 376 g/mol. The van der Waals surface area contributed by atoms with E-state index in [1.165, 1.54) is 0 Å². The number of halogens is 1. The van der Waals surface area contributed by atoms with Crippen molar-refractivity contribution in [3.63, 3.8) is 0 Å². The maximum Gasteiger partial charge on any atom is 0.320 e. The van der Waals surface area contributed by atoms with Crippen molar-refractivity contribution in [2.75, 3.05) is 26.2 Å². The molecule has 1 aromatic carbocycles. The number of carbonyl (C=O) groups excluding carboxylic acids is 2. The lowest BCUT2D eigenvalue weighted by molar-refractivity contribution is 0.0654. The van der Waals surface area contributed by atoms with Gasteiger partial charge >= 0.3 is 6.03 Å². The molecule has 148 valence electrons. The van der Waals surface area contributed by atoms with Crippen molar-refractivity contribution in [1.82, 2.24) is 19.3 Å². The SMILES string of the molecule is Cn1cccc1C(=O)N1CCC(N2CCN(Cc3ccc(Cl)cc3)C2=O)CC1. The largest absolute Gasteiger partial charge is 0.347 e. The van der Waals surface area contributed by atoms with Crippen LogP contribution in [0.2, 0.25) is 5.02 Å². The molecule has 0 spiro atoms. The minimum absolute atomic E-state index is 0.0723. The molecule has 0 atom stereocenters. The fourth-order valence-corrected chi connectivity index (χ4v) is 4.25. The quantitative estimate of drug-likeness (QED) is 0.791. The summed E-state index contributed by atoms with van der Waals surface area (Å²) in [6, 6.07) is 11.7. The molecule has 0 saturated carbocycles. The summed E-state index contributed by atoms with van der Waals surface area (Å²) >= 11 is 5.94. The molecule has 3 amide bonds. The summed E-state index contributed by atoms with van der Waals surface area (Å²) in [4.78, 5) is 31.3. The van der Waals surface area contributed by atoms with E-state index >= 15 is 0 Å². The first-order valence-corrected chi connectivity index (χ1v) is 10.1. The van der Waals surface area contributed by atoms with Gasteiger partial charge in [0.05, 0.1) is 0 Å². The topological polar surface area (TPSA) is 48.8 Å². The Bertz CT molecular complexity index is 856. The lowest BCUT2D eigenvalue weighted by Gasteiger charge is -2.36. The predicted molar refractivity (Wildman–Crippen MR) is 108 cm³/mol. The van der Waals surface area contributed by atoms with E-state index in [0.29, 0.717) is 30.4 Å². The van der Waals surface area contributed by atoms with Gasteiger partial charge in [-0.05, 0) is 42.7 Å². The molecule has 3 heterocycles. The Kier molecular flexibility index (Phi) is 5.31. The van der Waals surface area contributed by atoms with Gasteiger partial charge in [0.1, 0.15) is 5.69 Å². The maximum absolute atomic E-state index is 12.9. The van der Waals surface area contributed by atoms with E-state index in [2.05, 4.69) is 0 Å². The van der Waals surface area contributed by atoms with Crippen molar-refractivity contribution in [3.05, 3.63) is 58.9 Å². The minimum Gasteiger partial charge on any atom is -0.347 e. The van der Waals surface area contributed by atoms with Crippen LogP contribution in [0.15, 0.2) is 42.6 Å². The Morgan fingerprint density at radius 3 is 2.43 bits per heavy atom. The van der Waals surface area contributed by atoms with E-state index in [1.54, 1.807) is 0 Å².